The molecule has 0 aromatic heterocycles. The van der Waals surface area contributed by atoms with Crippen molar-refractivity contribution in [1.82, 2.24) is 0 Å². The molecule has 2 rings (SSSR count). The Hall–Kier alpha value is -1.10. The van der Waals surface area contributed by atoms with E-state index in [1.165, 1.54) is 0 Å². The summed E-state index contributed by atoms with van der Waals surface area (Å²) in [7, 11) is 0. The first-order chi connectivity index (χ1) is 10.4. The third-order valence-electron chi connectivity index (χ3n) is 5.50. The van der Waals surface area contributed by atoms with E-state index in [1.54, 1.807) is 0 Å². The maximum absolute atomic E-state index is 11.0. The number of aliphatic hydroxyl groups is 1. The van der Waals surface area contributed by atoms with Gasteiger partial charge in [-0.25, -0.2) is 0 Å². The molecule has 5 nitrogen and oxygen atoms in total. The summed E-state index contributed by atoms with van der Waals surface area (Å²) in [5.41, 5.74) is -0.888. The number of aliphatic carboxylic acids is 2. The van der Waals surface area contributed by atoms with Crippen molar-refractivity contribution in [3.05, 3.63) is 0 Å². The van der Waals surface area contributed by atoms with Crippen LogP contribution in [0.5, 0.6) is 0 Å². The van der Waals surface area contributed by atoms with Crippen LogP contribution in [0.4, 0.5) is 0 Å². The minimum absolute atomic E-state index is 0.333. The second kappa shape index (κ2) is 6.99. The SMILES string of the molecule is O=C(O)C1(CCCCC(O)CCCCC2(C(=O)O)CC2)CC1. The first kappa shape index (κ1) is 17.3. The lowest BCUT2D eigenvalue weighted by Crippen LogP contribution is -2.15. The summed E-state index contributed by atoms with van der Waals surface area (Å²) in [5.74, 6) is -1.33. The van der Waals surface area contributed by atoms with Crippen LogP contribution in [0.2, 0.25) is 0 Å². The second-order valence-corrected chi connectivity index (χ2v) is 7.32. The summed E-state index contributed by atoms with van der Waals surface area (Å²) in [4.78, 5) is 22.1. The molecule has 2 fully saturated rings. The minimum atomic E-state index is -0.666. The van der Waals surface area contributed by atoms with E-state index in [1.807, 2.05) is 0 Å². The monoisotopic (exact) mass is 312 g/mol. The van der Waals surface area contributed by atoms with Crippen LogP contribution in [-0.4, -0.2) is 33.4 Å². The van der Waals surface area contributed by atoms with Crippen molar-refractivity contribution in [3.63, 3.8) is 0 Å². The fourth-order valence-corrected chi connectivity index (χ4v) is 3.27. The van der Waals surface area contributed by atoms with Gasteiger partial charge in [-0.05, 0) is 51.4 Å². The van der Waals surface area contributed by atoms with Gasteiger partial charge in [0.25, 0.3) is 0 Å². The number of carboxylic acid groups (broad SMARTS) is 2. The molecular formula is C17H28O5. The fourth-order valence-electron chi connectivity index (χ4n) is 3.27. The van der Waals surface area contributed by atoms with E-state index in [0.717, 1.165) is 77.0 Å². The number of carboxylic acids is 2. The molecule has 0 heterocycles. The number of carbonyl (C=O) groups is 2. The van der Waals surface area contributed by atoms with Crippen molar-refractivity contribution >= 4 is 11.9 Å². The number of rotatable bonds is 12. The van der Waals surface area contributed by atoms with Gasteiger partial charge < -0.3 is 15.3 Å². The Morgan fingerprint density at radius 3 is 1.41 bits per heavy atom. The van der Waals surface area contributed by atoms with Gasteiger partial charge in [-0.15, -0.1) is 0 Å². The molecule has 0 atom stereocenters. The van der Waals surface area contributed by atoms with E-state index in [2.05, 4.69) is 0 Å². The van der Waals surface area contributed by atoms with Crippen molar-refractivity contribution in [2.45, 2.75) is 83.2 Å². The molecule has 3 N–H and O–H groups in total. The number of unbranched alkanes of at least 4 members (excludes halogenated alkanes) is 2. The van der Waals surface area contributed by atoms with Crippen LogP contribution in [0.1, 0.15) is 77.0 Å². The van der Waals surface area contributed by atoms with E-state index in [-0.39, 0.29) is 6.10 Å². The number of hydrogen-bond acceptors (Lipinski definition) is 3. The third kappa shape index (κ3) is 4.45. The predicted molar refractivity (Wildman–Crippen MR) is 81.5 cm³/mol. The molecule has 0 bridgehead atoms. The van der Waals surface area contributed by atoms with Gasteiger partial charge in [-0.3, -0.25) is 9.59 Å². The number of aliphatic hydroxyl groups excluding tert-OH is 1. The smallest absolute Gasteiger partial charge is 0.309 e. The normalized spacial score (nSPS) is 20.8. The molecule has 0 amide bonds. The molecule has 2 aliphatic rings. The van der Waals surface area contributed by atoms with Crippen molar-refractivity contribution < 1.29 is 24.9 Å². The zero-order valence-electron chi connectivity index (χ0n) is 13.2. The lowest BCUT2D eigenvalue weighted by molar-refractivity contribution is -0.144. The molecule has 126 valence electrons. The van der Waals surface area contributed by atoms with Gasteiger partial charge in [-0.2, -0.15) is 0 Å². The first-order valence-corrected chi connectivity index (χ1v) is 8.55. The third-order valence-corrected chi connectivity index (χ3v) is 5.50. The summed E-state index contributed by atoms with van der Waals surface area (Å²) >= 11 is 0. The highest BCUT2D eigenvalue weighted by Gasteiger charge is 2.49. The number of hydrogen-bond donors (Lipinski definition) is 3. The van der Waals surface area contributed by atoms with Gasteiger partial charge in [0, 0.05) is 0 Å². The van der Waals surface area contributed by atoms with E-state index < -0.39 is 22.8 Å². The van der Waals surface area contributed by atoms with Crippen LogP contribution in [0.25, 0.3) is 0 Å². The van der Waals surface area contributed by atoms with Crippen molar-refractivity contribution in [1.29, 1.82) is 0 Å². The molecule has 0 aromatic rings. The Morgan fingerprint density at radius 1 is 0.773 bits per heavy atom. The summed E-state index contributed by atoms with van der Waals surface area (Å²) in [6.45, 7) is 0. The molecule has 0 radical (unpaired) electrons. The van der Waals surface area contributed by atoms with Crippen molar-refractivity contribution in [2.24, 2.45) is 10.8 Å². The zero-order chi connectivity index (χ0) is 16.2. The summed E-state index contributed by atoms with van der Waals surface area (Å²) < 4.78 is 0. The molecule has 22 heavy (non-hydrogen) atoms. The quantitative estimate of drug-likeness (QED) is 0.481. The Morgan fingerprint density at radius 2 is 1.14 bits per heavy atom. The Labute approximate surface area is 131 Å². The Balaban J connectivity index is 1.47. The summed E-state index contributed by atoms with van der Waals surface area (Å²) in [5, 5.41) is 28.1. The summed E-state index contributed by atoms with van der Waals surface area (Å²) in [6, 6.07) is 0. The van der Waals surface area contributed by atoms with Crippen molar-refractivity contribution in [2.75, 3.05) is 0 Å². The molecule has 5 heteroatoms. The van der Waals surface area contributed by atoms with E-state index in [4.69, 9.17) is 10.2 Å². The van der Waals surface area contributed by atoms with Gasteiger partial charge >= 0.3 is 11.9 Å². The Kier molecular flexibility index (Phi) is 5.48. The molecule has 0 spiro atoms. The highest BCUT2D eigenvalue weighted by molar-refractivity contribution is 5.78. The van der Waals surface area contributed by atoms with Gasteiger partial charge in [0.15, 0.2) is 0 Å². The molecule has 0 aliphatic heterocycles. The highest BCUT2D eigenvalue weighted by atomic mass is 16.4. The Bertz CT molecular complexity index is 371. The molecular weight excluding hydrogens is 284 g/mol. The van der Waals surface area contributed by atoms with Crippen LogP contribution in [0.15, 0.2) is 0 Å². The second-order valence-electron chi connectivity index (χ2n) is 7.32. The standard InChI is InChI=1S/C17H28O5/c18-13(5-1-3-7-16(9-10-16)14(19)20)6-2-4-8-17(11-12-17)15(21)22/h13,18H,1-12H2,(H,19,20)(H,21,22). The lowest BCUT2D eigenvalue weighted by Gasteiger charge is -2.13. The topological polar surface area (TPSA) is 94.8 Å². The fraction of sp³-hybridized carbons (Fsp3) is 0.882. The molecule has 0 saturated heterocycles. The maximum Gasteiger partial charge on any atom is 0.309 e. The van der Waals surface area contributed by atoms with Gasteiger partial charge in [-0.1, -0.05) is 25.7 Å². The maximum atomic E-state index is 11.0. The van der Waals surface area contributed by atoms with Gasteiger partial charge in [0.1, 0.15) is 0 Å². The molecule has 0 aromatic carbocycles. The van der Waals surface area contributed by atoms with Crippen LogP contribution in [0, 0.1) is 10.8 Å². The van der Waals surface area contributed by atoms with Gasteiger partial charge in [0.05, 0.1) is 16.9 Å². The molecule has 0 unspecified atom stereocenters. The minimum Gasteiger partial charge on any atom is -0.481 e. The zero-order valence-corrected chi connectivity index (χ0v) is 13.2. The van der Waals surface area contributed by atoms with Crippen LogP contribution >= 0.6 is 0 Å². The van der Waals surface area contributed by atoms with Gasteiger partial charge in [0.2, 0.25) is 0 Å². The van der Waals surface area contributed by atoms with E-state index in [9.17, 15) is 14.7 Å². The van der Waals surface area contributed by atoms with E-state index in [0.29, 0.717) is 0 Å². The lowest BCUT2D eigenvalue weighted by atomic mass is 9.95. The molecule has 2 aliphatic carbocycles. The highest BCUT2D eigenvalue weighted by Crippen LogP contribution is 2.50. The average molecular weight is 312 g/mol. The van der Waals surface area contributed by atoms with Crippen LogP contribution < -0.4 is 0 Å². The van der Waals surface area contributed by atoms with Crippen LogP contribution in [0.3, 0.4) is 0 Å². The predicted octanol–water partition coefficient (Wildman–Crippen LogP) is 3.20. The van der Waals surface area contributed by atoms with E-state index >= 15 is 0 Å². The summed E-state index contributed by atoms with van der Waals surface area (Å²) in [6.07, 6.45) is 9.26. The molecule has 2 saturated carbocycles. The van der Waals surface area contributed by atoms with Crippen LogP contribution in [-0.2, 0) is 9.59 Å². The van der Waals surface area contributed by atoms with Crippen molar-refractivity contribution in [3.8, 4) is 0 Å². The largest absolute Gasteiger partial charge is 0.481 e. The first-order valence-electron chi connectivity index (χ1n) is 8.55. The average Bonchev–Trinajstić information content (AvgIpc) is 3.35.